The SMILES string of the molecule is CCOC(=O)c1ccc(N2C(=O)C(=O)C(=C(NO)c3ccc(OC)cc3)C2c2ccccc2)cc1. The molecule has 0 radical (unpaired) electrons. The number of nitrogens with one attached hydrogen (secondary N) is 1. The normalized spacial score (nSPS) is 16.8. The minimum absolute atomic E-state index is 0.100. The summed E-state index contributed by atoms with van der Waals surface area (Å²) < 4.78 is 10.2. The summed E-state index contributed by atoms with van der Waals surface area (Å²) in [6, 6.07) is 21.3. The van der Waals surface area contributed by atoms with Crippen LogP contribution in [-0.4, -0.2) is 36.6 Å². The van der Waals surface area contributed by atoms with Crippen molar-refractivity contribution >= 4 is 29.0 Å². The molecule has 0 spiro atoms. The van der Waals surface area contributed by atoms with E-state index in [9.17, 15) is 19.6 Å². The molecule has 1 aliphatic rings. The van der Waals surface area contributed by atoms with Gasteiger partial charge in [0.05, 0.1) is 36.6 Å². The van der Waals surface area contributed by atoms with Crippen molar-refractivity contribution in [2.75, 3.05) is 18.6 Å². The number of hydrogen-bond donors (Lipinski definition) is 2. The molecule has 1 heterocycles. The quantitative estimate of drug-likeness (QED) is 0.232. The number of methoxy groups -OCH3 is 1. The predicted molar refractivity (Wildman–Crippen MR) is 129 cm³/mol. The van der Waals surface area contributed by atoms with Gasteiger partial charge >= 0.3 is 5.97 Å². The number of anilines is 1. The van der Waals surface area contributed by atoms with Gasteiger partial charge in [0.2, 0.25) is 0 Å². The molecule has 1 amide bonds. The Labute approximate surface area is 202 Å². The molecule has 1 atom stereocenters. The highest BCUT2D eigenvalue weighted by atomic mass is 16.5. The second-order valence-corrected chi connectivity index (χ2v) is 7.71. The number of benzene rings is 3. The van der Waals surface area contributed by atoms with Crippen LogP contribution < -0.4 is 15.1 Å². The predicted octanol–water partition coefficient (Wildman–Crippen LogP) is 3.92. The van der Waals surface area contributed by atoms with Crippen LogP contribution in [0, 0.1) is 0 Å². The van der Waals surface area contributed by atoms with Crippen LogP contribution in [0.3, 0.4) is 0 Å². The van der Waals surface area contributed by atoms with Gasteiger partial charge in [-0.05, 0) is 61.0 Å². The first-order valence-corrected chi connectivity index (χ1v) is 11.0. The van der Waals surface area contributed by atoms with E-state index in [1.54, 1.807) is 67.6 Å². The van der Waals surface area contributed by atoms with Crippen LogP contribution in [0.25, 0.3) is 5.70 Å². The van der Waals surface area contributed by atoms with E-state index in [-0.39, 0.29) is 17.9 Å². The Hall–Kier alpha value is -4.43. The zero-order valence-corrected chi connectivity index (χ0v) is 19.2. The number of carbonyl (C=O) groups is 3. The molecule has 1 fully saturated rings. The molecule has 3 aromatic rings. The third-order valence-corrected chi connectivity index (χ3v) is 5.72. The number of rotatable bonds is 7. The van der Waals surface area contributed by atoms with E-state index in [4.69, 9.17) is 9.47 Å². The third-order valence-electron chi connectivity index (χ3n) is 5.72. The summed E-state index contributed by atoms with van der Waals surface area (Å²) in [6.45, 7) is 1.96. The summed E-state index contributed by atoms with van der Waals surface area (Å²) in [7, 11) is 1.54. The topological polar surface area (TPSA) is 105 Å². The first-order valence-electron chi connectivity index (χ1n) is 11.0. The van der Waals surface area contributed by atoms with Gasteiger partial charge in [-0.3, -0.25) is 25.2 Å². The Morgan fingerprint density at radius 3 is 2.14 bits per heavy atom. The molecule has 35 heavy (non-hydrogen) atoms. The molecule has 0 aromatic heterocycles. The maximum Gasteiger partial charge on any atom is 0.338 e. The third kappa shape index (κ3) is 4.51. The van der Waals surface area contributed by atoms with Crippen molar-refractivity contribution in [3.63, 3.8) is 0 Å². The fraction of sp³-hybridized carbons (Fsp3) is 0.148. The Morgan fingerprint density at radius 2 is 1.57 bits per heavy atom. The molecule has 3 aromatic carbocycles. The van der Waals surface area contributed by atoms with Crippen LogP contribution in [0.15, 0.2) is 84.4 Å². The Bertz CT molecular complexity index is 1270. The highest BCUT2D eigenvalue weighted by Crippen LogP contribution is 2.42. The van der Waals surface area contributed by atoms with Crippen molar-refractivity contribution in [2.45, 2.75) is 13.0 Å². The lowest BCUT2D eigenvalue weighted by Crippen LogP contribution is -2.29. The summed E-state index contributed by atoms with van der Waals surface area (Å²) >= 11 is 0. The number of Topliss-reactive ketones (excluding diaryl/α,β-unsaturated/α-hetero) is 1. The molecule has 178 valence electrons. The molecule has 4 rings (SSSR count). The lowest BCUT2D eigenvalue weighted by atomic mass is 9.94. The zero-order chi connectivity index (χ0) is 24.9. The minimum atomic E-state index is -0.818. The van der Waals surface area contributed by atoms with E-state index in [2.05, 4.69) is 5.48 Å². The number of ketones is 1. The monoisotopic (exact) mass is 472 g/mol. The highest BCUT2D eigenvalue weighted by Gasteiger charge is 2.46. The summed E-state index contributed by atoms with van der Waals surface area (Å²) in [5.74, 6) is -1.37. The first kappa shape index (κ1) is 23.7. The molecule has 8 heteroatoms. The number of nitrogens with zero attached hydrogens (tertiary/aromatic N) is 1. The number of carbonyl (C=O) groups excluding carboxylic acids is 3. The Kier molecular flexibility index (Phi) is 6.93. The summed E-state index contributed by atoms with van der Waals surface area (Å²) in [5, 5.41) is 10.1. The van der Waals surface area contributed by atoms with Crippen molar-refractivity contribution in [3.05, 3.63) is 101 Å². The molecule has 2 N–H and O–H groups in total. The lowest BCUT2D eigenvalue weighted by molar-refractivity contribution is -0.132. The average molecular weight is 472 g/mol. The molecular weight excluding hydrogens is 448 g/mol. The molecule has 8 nitrogen and oxygen atoms in total. The standard InChI is InChI=1S/C27H24N2O6/c1-3-35-27(32)19-9-13-20(14-10-19)29-24(18-7-5-4-6-8-18)22(25(30)26(29)31)23(28-33)17-11-15-21(34-2)16-12-17/h4-16,24,28,33H,3H2,1-2H3. The number of esters is 1. The number of amides is 1. The van der Waals surface area contributed by atoms with E-state index in [1.165, 1.54) is 12.0 Å². The van der Waals surface area contributed by atoms with Crippen molar-refractivity contribution < 1.29 is 29.1 Å². The second kappa shape index (κ2) is 10.2. The van der Waals surface area contributed by atoms with E-state index in [1.807, 2.05) is 18.2 Å². The van der Waals surface area contributed by atoms with E-state index >= 15 is 0 Å². The van der Waals surface area contributed by atoms with Gasteiger partial charge < -0.3 is 9.47 Å². The highest BCUT2D eigenvalue weighted by molar-refractivity contribution is 6.51. The molecule has 1 saturated heterocycles. The largest absolute Gasteiger partial charge is 0.497 e. The second-order valence-electron chi connectivity index (χ2n) is 7.71. The minimum Gasteiger partial charge on any atom is -0.497 e. The zero-order valence-electron chi connectivity index (χ0n) is 19.2. The Balaban J connectivity index is 1.86. The molecule has 0 bridgehead atoms. The maximum atomic E-state index is 13.3. The van der Waals surface area contributed by atoms with E-state index < -0.39 is 23.7 Å². The van der Waals surface area contributed by atoms with Crippen LogP contribution in [0.5, 0.6) is 5.75 Å². The van der Waals surface area contributed by atoms with Gasteiger partial charge in [0, 0.05) is 11.3 Å². The van der Waals surface area contributed by atoms with Gasteiger partial charge in [-0.2, -0.15) is 0 Å². The molecule has 1 unspecified atom stereocenters. The van der Waals surface area contributed by atoms with E-state index in [0.29, 0.717) is 28.1 Å². The van der Waals surface area contributed by atoms with Crippen molar-refractivity contribution in [1.29, 1.82) is 0 Å². The van der Waals surface area contributed by atoms with Crippen LogP contribution >= 0.6 is 0 Å². The van der Waals surface area contributed by atoms with Crippen LogP contribution in [0.2, 0.25) is 0 Å². The first-order chi connectivity index (χ1) is 17.0. The summed E-state index contributed by atoms with van der Waals surface area (Å²) in [4.78, 5) is 40.0. The average Bonchev–Trinajstić information content (AvgIpc) is 3.16. The summed E-state index contributed by atoms with van der Waals surface area (Å²) in [6.07, 6.45) is 0. The molecular formula is C27H24N2O6. The van der Waals surface area contributed by atoms with Crippen molar-refractivity contribution in [1.82, 2.24) is 5.48 Å². The molecule has 1 aliphatic heterocycles. The van der Waals surface area contributed by atoms with Gasteiger partial charge in [-0.1, -0.05) is 30.3 Å². The van der Waals surface area contributed by atoms with Crippen molar-refractivity contribution in [2.24, 2.45) is 0 Å². The van der Waals surface area contributed by atoms with Gasteiger partial charge in [0.25, 0.3) is 11.7 Å². The number of hydrogen-bond acceptors (Lipinski definition) is 7. The van der Waals surface area contributed by atoms with Gasteiger partial charge in [-0.15, -0.1) is 0 Å². The van der Waals surface area contributed by atoms with E-state index in [0.717, 1.165) is 0 Å². The molecule has 0 saturated carbocycles. The fourth-order valence-electron chi connectivity index (χ4n) is 4.07. The van der Waals surface area contributed by atoms with Crippen LogP contribution in [0.4, 0.5) is 5.69 Å². The maximum absolute atomic E-state index is 13.3. The fourth-order valence-corrected chi connectivity index (χ4v) is 4.07. The van der Waals surface area contributed by atoms with Gasteiger partial charge in [-0.25, -0.2) is 4.79 Å². The number of ether oxygens (including phenoxy) is 2. The van der Waals surface area contributed by atoms with Crippen LogP contribution in [0.1, 0.15) is 34.5 Å². The van der Waals surface area contributed by atoms with Crippen molar-refractivity contribution in [3.8, 4) is 5.75 Å². The summed E-state index contributed by atoms with van der Waals surface area (Å²) in [5.41, 5.74) is 4.29. The van der Waals surface area contributed by atoms with Crippen LogP contribution in [-0.2, 0) is 14.3 Å². The van der Waals surface area contributed by atoms with Gasteiger partial charge in [0.1, 0.15) is 5.75 Å². The lowest BCUT2D eigenvalue weighted by Gasteiger charge is -2.26. The number of hydroxylamine groups is 1. The molecule has 0 aliphatic carbocycles. The smallest absolute Gasteiger partial charge is 0.338 e. The Morgan fingerprint density at radius 1 is 0.943 bits per heavy atom. The van der Waals surface area contributed by atoms with Gasteiger partial charge in [0.15, 0.2) is 0 Å².